The molecule has 21 heavy (non-hydrogen) atoms. The van der Waals surface area contributed by atoms with Crippen LogP contribution in [0.25, 0.3) is 0 Å². The third kappa shape index (κ3) is 4.66. The van der Waals surface area contributed by atoms with E-state index in [1.807, 2.05) is 0 Å². The second kappa shape index (κ2) is 8.11. The number of hydrogen-bond donors (Lipinski definition) is 2. The topological polar surface area (TPSA) is 47.6 Å². The van der Waals surface area contributed by atoms with Crippen LogP contribution in [-0.4, -0.2) is 73.6 Å². The molecule has 5 heteroatoms. The zero-order chi connectivity index (χ0) is 15.2. The standard InChI is InChI=1S/C16H32N4O/c1-13(2)19(3)12-10-18-16(21)15-5-4-11-20(15)14-6-8-17-9-7-14/h13-15,17H,4-12H2,1-3H3,(H,18,21). The van der Waals surface area contributed by atoms with Crippen molar-refractivity contribution in [1.82, 2.24) is 20.4 Å². The Balaban J connectivity index is 1.77. The molecule has 2 N–H and O–H groups in total. The lowest BCUT2D eigenvalue weighted by Crippen LogP contribution is -2.51. The number of piperidine rings is 1. The van der Waals surface area contributed by atoms with Crippen molar-refractivity contribution >= 4 is 5.91 Å². The summed E-state index contributed by atoms with van der Waals surface area (Å²) in [5.74, 6) is 0.239. The van der Waals surface area contributed by atoms with Crippen LogP contribution in [0.4, 0.5) is 0 Å². The molecule has 0 aliphatic carbocycles. The van der Waals surface area contributed by atoms with Crippen molar-refractivity contribution in [2.24, 2.45) is 0 Å². The van der Waals surface area contributed by atoms with Crippen molar-refractivity contribution in [3.05, 3.63) is 0 Å². The lowest BCUT2D eigenvalue weighted by atomic mass is 10.0. The molecule has 0 radical (unpaired) electrons. The highest BCUT2D eigenvalue weighted by Gasteiger charge is 2.35. The quantitative estimate of drug-likeness (QED) is 0.756. The molecule has 0 aromatic carbocycles. The summed E-state index contributed by atoms with van der Waals surface area (Å²) >= 11 is 0. The van der Waals surface area contributed by atoms with Crippen molar-refractivity contribution < 1.29 is 4.79 Å². The monoisotopic (exact) mass is 296 g/mol. The van der Waals surface area contributed by atoms with Crippen LogP contribution in [0.15, 0.2) is 0 Å². The SMILES string of the molecule is CC(C)N(C)CCNC(=O)C1CCCN1C1CCNCC1. The fourth-order valence-corrected chi connectivity index (χ4v) is 3.38. The molecule has 1 amide bonds. The van der Waals surface area contributed by atoms with Crippen molar-refractivity contribution in [3.8, 4) is 0 Å². The number of hydrogen-bond acceptors (Lipinski definition) is 4. The average molecular weight is 296 g/mol. The first kappa shape index (κ1) is 16.7. The van der Waals surface area contributed by atoms with Gasteiger partial charge in [-0.05, 0) is 66.2 Å². The van der Waals surface area contributed by atoms with Gasteiger partial charge in [0.2, 0.25) is 5.91 Å². The van der Waals surface area contributed by atoms with Crippen molar-refractivity contribution in [2.75, 3.05) is 39.8 Å². The first-order chi connectivity index (χ1) is 10.1. The molecule has 122 valence electrons. The second-order valence-electron chi connectivity index (χ2n) is 6.74. The lowest BCUT2D eigenvalue weighted by Gasteiger charge is -2.35. The Morgan fingerprint density at radius 1 is 1.33 bits per heavy atom. The van der Waals surface area contributed by atoms with Crippen LogP contribution >= 0.6 is 0 Å². The van der Waals surface area contributed by atoms with E-state index in [1.54, 1.807) is 0 Å². The van der Waals surface area contributed by atoms with Gasteiger partial charge in [0.05, 0.1) is 6.04 Å². The fraction of sp³-hybridized carbons (Fsp3) is 0.938. The molecule has 0 spiro atoms. The van der Waals surface area contributed by atoms with Crippen LogP contribution in [0.3, 0.4) is 0 Å². The number of carbonyl (C=O) groups excluding carboxylic acids is 1. The Bertz CT molecular complexity index is 328. The Hall–Kier alpha value is -0.650. The number of rotatable bonds is 6. The molecular weight excluding hydrogens is 264 g/mol. The number of nitrogens with one attached hydrogen (secondary N) is 2. The molecule has 0 bridgehead atoms. The molecule has 2 rings (SSSR count). The minimum Gasteiger partial charge on any atom is -0.353 e. The Kier molecular flexibility index (Phi) is 6.45. The van der Waals surface area contributed by atoms with Crippen LogP contribution in [0.5, 0.6) is 0 Å². The smallest absolute Gasteiger partial charge is 0.237 e. The minimum atomic E-state index is 0.109. The number of amides is 1. The van der Waals surface area contributed by atoms with Gasteiger partial charge in [-0.1, -0.05) is 0 Å². The van der Waals surface area contributed by atoms with Crippen LogP contribution in [-0.2, 0) is 4.79 Å². The fourth-order valence-electron chi connectivity index (χ4n) is 3.38. The maximum Gasteiger partial charge on any atom is 0.237 e. The average Bonchev–Trinajstić information content (AvgIpc) is 2.97. The molecule has 0 aromatic rings. The number of likely N-dealkylation sites (N-methyl/N-ethyl adjacent to an activating group) is 1. The molecule has 2 aliphatic rings. The third-order valence-corrected chi connectivity index (χ3v) is 5.02. The van der Waals surface area contributed by atoms with Crippen LogP contribution < -0.4 is 10.6 Å². The highest BCUT2D eigenvalue weighted by atomic mass is 16.2. The molecule has 2 fully saturated rings. The first-order valence-corrected chi connectivity index (χ1v) is 8.54. The summed E-state index contributed by atoms with van der Waals surface area (Å²) in [7, 11) is 2.10. The number of carbonyl (C=O) groups is 1. The van der Waals surface area contributed by atoms with E-state index >= 15 is 0 Å². The van der Waals surface area contributed by atoms with Gasteiger partial charge in [-0.2, -0.15) is 0 Å². The molecule has 1 unspecified atom stereocenters. The summed E-state index contributed by atoms with van der Waals surface area (Å²) in [6.45, 7) is 9.31. The van der Waals surface area contributed by atoms with E-state index in [-0.39, 0.29) is 11.9 Å². The van der Waals surface area contributed by atoms with Gasteiger partial charge in [-0.25, -0.2) is 0 Å². The molecule has 0 saturated carbocycles. The van der Waals surface area contributed by atoms with Gasteiger partial charge in [-0.3, -0.25) is 9.69 Å². The van der Waals surface area contributed by atoms with Gasteiger partial charge in [0.15, 0.2) is 0 Å². The molecule has 2 heterocycles. The van der Waals surface area contributed by atoms with Gasteiger partial charge >= 0.3 is 0 Å². The summed E-state index contributed by atoms with van der Waals surface area (Å²) < 4.78 is 0. The largest absolute Gasteiger partial charge is 0.353 e. The maximum absolute atomic E-state index is 12.5. The molecular formula is C16H32N4O. The highest BCUT2D eigenvalue weighted by molar-refractivity contribution is 5.82. The van der Waals surface area contributed by atoms with Crippen LogP contribution in [0, 0.1) is 0 Å². The van der Waals surface area contributed by atoms with E-state index < -0.39 is 0 Å². The van der Waals surface area contributed by atoms with Gasteiger partial charge in [-0.15, -0.1) is 0 Å². The van der Waals surface area contributed by atoms with Gasteiger partial charge in [0.1, 0.15) is 0 Å². The van der Waals surface area contributed by atoms with Crippen LogP contribution in [0.1, 0.15) is 39.5 Å². The van der Waals surface area contributed by atoms with Crippen molar-refractivity contribution in [3.63, 3.8) is 0 Å². The summed E-state index contributed by atoms with van der Waals surface area (Å²) in [5.41, 5.74) is 0. The van der Waals surface area contributed by atoms with E-state index in [9.17, 15) is 4.79 Å². The Labute approximate surface area is 129 Å². The molecule has 2 aliphatic heterocycles. The van der Waals surface area contributed by atoms with Crippen molar-refractivity contribution in [1.29, 1.82) is 0 Å². The predicted octanol–water partition coefficient (Wildman–Crippen LogP) is 0.659. The number of likely N-dealkylation sites (tertiary alicyclic amines) is 1. The van der Waals surface area contributed by atoms with E-state index in [0.29, 0.717) is 12.1 Å². The summed E-state index contributed by atoms with van der Waals surface area (Å²) in [6.07, 6.45) is 4.55. The molecule has 5 nitrogen and oxygen atoms in total. The Morgan fingerprint density at radius 3 is 2.71 bits per heavy atom. The summed E-state index contributed by atoms with van der Waals surface area (Å²) in [6, 6.07) is 1.24. The normalized spacial score (nSPS) is 24.9. The van der Waals surface area contributed by atoms with E-state index in [2.05, 4.69) is 41.3 Å². The first-order valence-electron chi connectivity index (χ1n) is 8.54. The zero-order valence-corrected chi connectivity index (χ0v) is 13.9. The van der Waals surface area contributed by atoms with Gasteiger partial charge in [0.25, 0.3) is 0 Å². The summed E-state index contributed by atoms with van der Waals surface area (Å²) in [5, 5.41) is 6.55. The van der Waals surface area contributed by atoms with E-state index in [1.165, 1.54) is 12.8 Å². The van der Waals surface area contributed by atoms with Crippen molar-refractivity contribution in [2.45, 2.75) is 57.7 Å². The molecule has 2 saturated heterocycles. The zero-order valence-electron chi connectivity index (χ0n) is 13.9. The highest BCUT2D eigenvalue weighted by Crippen LogP contribution is 2.24. The summed E-state index contributed by atoms with van der Waals surface area (Å²) in [4.78, 5) is 17.2. The van der Waals surface area contributed by atoms with E-state index in [0.717, 1.165) is 45.6 Å². The minimum absolute atomic E-state index is 0.109. The predicted molar refractivity (Wildman–Crippen MR) is 86.4 cm³/mol. The number of nitrogens with zero attached hydrogens (tertiary/aromatic N) is 2. The van der Waals surface area contributed by atoms with E-state index in [4.69, 9.17) is 0 Å². The Morgan fingerprint density at radius 2 is 2.05 bits per heavy atom. The van der Waals surface area contributed by atoms with Crippen LogP contribution in [0.2, 0.25) is 0 Å². The van der Waals surface area contributed by atoms with Gasteiger partial charge in [0, 0.05) is 25.2 Å². The molecule has 1 atom stereocenters. The van der Waals surface area contributed by atoms with Gasteiger partial charge < -0.3 is 15.5 Å². The maximum atomic E-state index is 12.5. The second-order valence-corrected chi connectivity index (χ2v) is 6.74. The lowest BCUT2D eigenvalue weighted by molar-refractivity contribution is -0.126. The molecule has 0 aromatic heterocycles. The third-order valence-electron chi connectivity index (χ3n) is 5.02.